The van der Waals surface area contributed by atoms with Gasteiger partial charge in [-0.15, -0.1) is 0 Å². The number of Topliss-reactive ketones (excluding diaryl/α,β-unsaturated/α-hetero) is 1. The molecule has 23 heteroatoms. The van der Waals surface area contributed by atoms with Crippen molar-refractivity contribution in [1.29, 1.82) is 10.8 Å². The largest absolute Gasteiger partial charge is 0.492 e. The predicted molar refractivity (Wildman–Crippen MR) is 196 cm³/mol. The highest BCUT2D eigenvalue weighted by atomic mass is 32.2. The van der Waals surface area contributed by atoms with Gasteiger partial charge in [-0.25, -0.2) is 27.5 Å². The number of carboxylic acids is 3. The molecule has 322 valence electrons. The maximum atomic E-state index is 13.3. The molecule has 1 aliphatic rings. The molecule has 59 heavy (non-hydrogen) atoms. The molecule has 1 atom stereocenters. The zero-order chi connectivity index (χ0) is 44.7. The fourth-order valence-electron chi connectivity index (χ4n) is 4.95. The van der Waals surface area contributed by atoms with Crippen molar-refractivity contribution in [3.8, 4) is 11.5 Å². The van der Waals surface area contributed by atoms with Gasteiger partial charge in [0.15, 0.2) is 0 Å². The number of alkyl halides is 6. The Morgan fingerprint density at radius 1 is 0.881 bits per heavy atom. The summed E-state index contributed by atoms with van der Waals surface area (Å²) in [6, 6.07) is 18.9. The number of hydrogen-bond donors (Lipinski definition) is 7. The van der Waals surface area contributed by atoms with Crippen LogP contribution in [0, 0.1) is 10.8 Å². The number of nitrogen functional groups attached to an aromatic ring is 1. The summed E-state index contributed by atoms with van der Waals surface area (Å²) in [5, 5.41) is 38.9. The van der Waals surface area contributed by atoms with Crippen LogP contribution in [0.5, 0.6) is 11.5 Å². The highest BCUT2D eigenvalue weighted by Gasteiger charge is 2.39. The third kappa shape index (κ3) is 17.0. The molecule has 1 heterocycles. The molecule has 0 aromatic heterocycles. The number of carbonyl (C=O) groups excluding carboxylic acids is 1. The van der Waals surface area contributed by atoms with Gasteiger partial charge in [0.2, 0.25) is 15.8 Å². The van der Waals surface area contributed by atoms with Gasteiger partial charge in [0, 0.05) is 43.5 Å². The third-order valence-corrected chi connectivity index (χ3v) is 9.43. The summed E-state index contributed by atoms with van der Waals surface area (Å²) >= 11 is 0. The Hall–Kier alpha value is -6.23. The number of sulfonamides is 1. The van der Waals surface area contributed by atoms with E-state index < -0.39 is 58.5 Å². The second kappa shape index (κ2) is 21.5. The number of hydrogen-bond acceptors (Lipinski definition) is 10. The molecular formula is C36H39F6N5O11S. The minimum Gasteiger partial charge on any atom is -0.492 e. The molecule has 8 N–H and O–H groups in total. The first-order chi connectivity index (χ1) is 27.3. The Morgan fingerprint density at radius 3 is 1.86 bits per heavy atom. The van der Waals surface area contributed by atoms with E-state index in [0.29, 0.717) is 17.1 Å². The SMILES string of the molecule is CC(=N)N1CCC(Oc2ccc(C[C@@H](COc3cc(C(=N)N)ccc3CC(=O)C(=O)O)NS(=O)(=O)c3ccccc3)cc2)CC1.O=C(O)C(F)(F)F.O=C(O)C(F)(F)F. The minimum atomic E-state index is -5.08. The zero-order valence-electron chi connectivity index (χ0n) is 30.8. The first-order valence-electron chi connectivity index (χ1n) is 16.9. The molecule has 0 unspecified atom stereocenters. The molecule has 3 aromatic carbocycles. The van der Waals surface area contributed by atoms with Gasteiger partial charge in [0.05, 0.1) is 16.8 Å². The quantitative estimate of drug-likeness (QED) is 0.0518. The molecule has 0 spiro atoms. The lowest BCUT2D eigenvalue weighted by molar-refractivity contribution is -0.193. The molecule has 0 amide bonds. The van der Waals surface area contributed by atoms with E-state index >= 15 is 0 Å². The zero-order valence-corrected chi connectivity index (χ0v) is 31.7. The lowest BCUT2D eigenvalue weighted by Gasteiger charge is -2.32. The van der Waals surface area contributed by atoms with Crippen LogP contribution in [0.4, 0.5) is 26.3 Å². The van der Waals surface area contributed by atoms with E-state index in [1.54, 1.807) is 25.1 Å². The Morgan fingerprint density at radius 2 is 1.41 bits per heavy atom. The minimum absolute atomic E-state index is 0.0400. The summed E-state index contributed by atoms with van der Waals surface area (Å²) in [6.07, 6.45) is -8.73. The smallest absolute Gasteiger partial charge is 0.490 e. The molecule has 0 aliphatic carbocycles. The number of nitrogens with zero attached hydrogens (tertiary/aromatic N) is 1. The molecule has 0 bridgehead atoms. The van der Waals surface area contributed by atoms with Gasteiger partial charge in [-0.1, -0.05) is 42.5 Å². The van der Waals surface area contributed by atoms with Crippen LogP contribution in [0.25, 0.3) is 0 Å². The van der Waals surface area contributed by atoms with Crippen LogP contribution in [0.15, 0.2) is 77.7 Å². The molecule has 1 fully saturated rings. The van der Waals surface area contributed by atoms with Crippen LogP contribution < -0.4 is 19.9 Å². The Bertz CT molecular complexity index is 2040. The van der Waals surface area contributed by atoms with E-state index in [0.717, 1.165) is 31.5 Å². The van der Waals surface area contributed by atoms with Gasteiger partial charge in [-0.2, -0.15) is 26.3 Å². The third-order valence-electron chi connectivity index (χ3n) is 7.89. The maximum Gasteiger partial charge on any atom is 0.490 e. The molecular weight excluding hydrogens is 824 g/mol. The molecule has 0 saturated carbocycles. The fraction of sp³-hybridized carbons (Fsp3) is 0.333. The Kier molecular flexibility index (Phi) is 17.8. The van der Waals surface area contributed by atoms with Gasteiger partial charge >= 0.3 is 30.3 Å². The van der Waals surface area contributed by atoms with Crippen molar-refractivity contribution in [2.45, 2.75) is 62.0 Å². The molecule has 1 aliphatic heterocycles. The van der Waals surface area contributed by atoms with Gasteiger partial charge in [0.1, 0.15) is 30.0 Å². The average molecular weight is 864 g/mol. The summed E-state index contributed by atoms with van der Waals surface area (Å²) < 4.78 is 105. The van der Waals surface area contributed by atoms with Crippen LogP contribution in [-0.2, 0) is 42.0 Å². The average Bonchev–Trinajstić information content (AvgIpc) is 3.15. The van der Waals surface area contributed by atoms with Crippen molar-refractivity contribution >= 4 is 45.4 Å². The van der Waals surface area contributed by atoms with E-state index in [2.05, 4.69) is 4.72 Å². The van der Waals surface area contributed by atoms with E-state index in [-0.39, 0.29) is 41.2 Å². The molecule has 0 radical (unpaired) electrons. The number of likely N-dealkylation sites (tertiary alicyclic amines) is 1. The summed E-state index contributed by atoms with van der Waals surface area (Å²) in [7, 11) is -3.94. The van der Waals surface area contributed by atoms with Crippen molar-refractivity contribution < 1.29 is 78.7 Å². The van der Waals surface area contributed by atoms with Gasteiger partial charge in [0.25, 0.3) is 0 Å². The lowest BCUT2D eigenvalue weighted by Crippen LogP contribution is -2.40. The first kappa shape index (κ1) is 48.9. The topological polar surface area (TPSA) is 271 Å². The molecule has 3 aromatic rings. The number of nitrogens with one attached hydrogen (secondary N) is 3. The number of ether oxygens (including phenoxy) is 2. The number of amidine groups is 2. The second-order valence-corrected chi connectivity index (χ2v) is 14.1. The predicted octanol–water partition coefficient (Wildman–Crippen LogP) is 4.24. The number of nitrogens with two attached hydrogens (primary N) is 1. The number of ketones is 1. The second-order valence-electron chi connectivity index (χ2n) is 12.4. The van der Waals surface area contributed by atoms with Crippen LogP contribution >= 0.6 is 0 Å². The van der Waals surface area contributed by atoms with E-state index in [9.17, 15) is 44.3 Å². The Labute approximate surface area is 332 Å². The van der Waals surface area contributed by atoms with E-state index in [4.69, 9.17) is 50.9 Å². The highest BCUT2D eigenvalue weighted by Crippen LogP contribution is 2.24. The number of carbonyl (C=O) groups is 4. The normalized spacial score (nSPS) is 13.6. The van der Waals surface area contributed by atoms with Gasteiger partial charge in [-0.05, 0) is 49.2 Å². The number of rotatable bonds is 14. The van der Waals surface area contributed by atoms with Crippen LogP contribution in [0.1, 0.15) is 36.5 Å². The summed E-state index contributed by atoms with van der Waals surface area (Å²) in [4.78, 5) is 43.0. The number of halogens is 6. The standard InChI is InChI=1S/C32H37N5O7S.2C2HF3O2/c1-21(33)37-15-13-27(14-16-37)44-26-11-7-22(8-12-26)17-25(36-45(41,42)28-5-3-2-4-6-28)20-43-30-19-24(31(34)35)10-9-23(30)18-29(38)32(39)40;2*3-2(4,5)1(6)7/h2-12,19,25,27,33,36H,13-18,20H2,1H3,(H3,34,35)(H,39,40);2*(H,6,7)/t25-;;/m0../s1. The van der Waals surface area contributed by atoms with Crippen LogP contribution in [0.2, 0.25) is 0 Å². The summed E-state index contributed by atoms with van der Waals surface area (Å²) in [6.45, 7) is 3.14. The fourth-order valence-corrected chi connectivity index (χ4v) is 6.20. The summed E-state index contributed by atoms with van der Waals surface area (Å²) in [5.74, 6) is -7.05. The van der Waals surface area contributed by atoms with Crippen molar-refractivity contribution in [2.75, 3.05) is 19.7 Å². The van der Waals surface area contributed by atoms with Gasteiger partial charge < -0.3 is 35.4 Å². The molecule has 16 nitrogen and oxygen atoms in total. The van der Waals surface area contributed by atoms with E-state index in [1.807, 2.05) is 29.2 Å². The number of benzene rings is 3. The number of carboxylic acid groups (broad SMARTS) is 3. The highest BCUT2D eigenvalue weighted by molar-refractivity contribution is 7.89. The van der Waals surface area contributed by atoms with E-state index in [1.165, 1.54) is 30.3 Å². The maximum absolute atomic E-state index is 13.3. The first-order valence-corrected chi connectivity index (χ1v) is 18.4. The van der Waals surface area contributed by atoms with Crippen LogP contribution in [-0.4, -0.2) is 108 Å². The Balaban J connectivity index is 0.000000732. The van der Waals surface area contributed by atoms with Crippen molar-refractivity contribution in [1.82, 2.24) is 9.62 Å². The van der Waals surface area contributed by atoms with Gasteiger partial charge in [-0.3, -0.25) is 15.6 Å². The van der Waals surface area contributed by atoms with Crippen molar-refractivity contribution in [3.63, 3.8) is 0 Å². The van der Waals surface area contributed by atoms with Crippen molar-refractivity contribution in [2.24, 2.45) is 5.73 Å². The number of aliphatic carboxylic acids is 3. The monoisotopic (exact) mass is 863 g/mol. The molecule has 4 rings (SSSR count). The summed E-state index contributed by atoms with van der Waals surface area (Å²) in [5.41, 5.74) is 7.00. The van der Waals surface area contributed by atoms with Crippen LogP contribution in [0.3, 0.4) is 0 Å². The lowest BCUT2D eigenvalue weighted by atomic mass is 10.0. The van der Waals surface area contributed by atoms with Crippen molar-refractivity contribution in [3.05, 3.63) is 89.5 Å². The molecule has 1 saturated heterocycles. The number of piperidine rings is 1.